The van der Waals surface area contributed by atoms with Crippen molar-refractivity contribution in [2.75, 3.05) is 5.32 Å². The zero-order valence-electron chi connectivity index (χ0n) is 13.2. The van der Waals surface area contributed by atoms with Gasteiger partial charge in [-0.2, -0.15) is 0 Å². The van der Waals surface area contributed by atoms with Gasteiger partial charge in [-0.1, -0.05) is 27.7 Å². The average molecular weight is 287 g/mol. The van der Waals surface area contributed by atoms with Gasteiger partial charge in [-0.15, -0.1) is 0 Å². The Kier molecular flexibility index (Phi) is 10.1. The van der Waals surface area contributed by atoms with E-state index in [-0.39, 0.29) is 11.4 Å². The molecule has 1 amide bonds. The summed E-state index contributed by atoms with van der Waals surface area (Å²) in [7, 11) is 0. The van der Waals surface area contributed by atoms with E-state index in [1.165, 1.54) is 12.3 Å². The molecular weight excluding hydrogens is 262 g/mol. The van der Waals surface area contributed by atoms with Crippen molar-refractivity contribution in [3.63, 3.8) is 0 Å². The minimum absolute atomic E-state index is 0.120. The Bertz CT molecular complexity index is 404. The summed E-state index contributed by atoms with van der Waals surface area (Å²) in [6.45, 7) is 13.1. The molecule has 20 heavy (non-hydrogen) atoms. The van der Waals surface area contributed by atoms with E-state index < -0.39 is 17.7 Å². The summed E-state index contributed by atoms with van der Waals surface area (Å²) in [6, 6.07) is 1.25. The van der Waals surface area contributed by atoms with Gasteiger partial charge in [-0.05, 0) is 26.8 Å². The second-order valence-corrected chi connectivity index (χ2v) is 4.10. The molecule has 0 aliphatic heterocycles. The maximum absolute atomic E-state index is 11.3. The van der Waals surface area contributed by atoms with Crippen molar-refractivity contribution < 1.29 is 23.8 Å². The molecular formula is C14H25NO5. The highest BCUT2D eigenvalue weighted by Gasteiger charge is 2.20. The summed E-state index contributed by atoms with van der Waals surface area (Å²) in [5, 5.41) is 11.0. The highest BCUT2D eigenvalue weighted by atomic mass is 16.6. The molecule has 1 heterocycles. The number of nitrogens with one attached hydrogen (secondary N) is 1. The molecule has 2 N–H and O–H groups in total. The fourth-order valence-corrected chi connectivity index (χ4v) is 0.971. The van der Waals surface area contributed by atoms with Crippen LogP contribution in [0.2, 0.25) is 0 Å². The fraction of sp³-hybridized carbons (Fsp3) is 0.571. The Morgan fingerprint density at radius 2 is 1.70 bits per heavy atom. The lowest BCUT2D eigenvalue weighted by Gasteiger charge is -2.19. The highest BCUT2D eigenvalue weighted by Crippen LogP contribution is 2.18. The maximum Gasteiger partial charge on any atom is 0.414 e. The molecule has 1 aromatic heterocycles. The lowest BCUT2D eigenvalue weighted by molar-refractivity contribution is 0.0632. The third-order valence-corrected chi connectivity index (χ3v) is 1.51. The van der Waals surface area contributed by atoms with Crippen molar-refractivity contribution in [3.05, 3.63) is 17.9 Å². The first-order valence-corrected chi connectivity index (χ1v) is 6.60. The number of carbonyl (C=O) groups excluding carboxylic acids is 1. The smallest absolute Gasteiger partial charge is 0.414 e. The van der Waals surface area contributed by atoms with Gasteiger partial charge in [-0.3, -0.25) is 5.32 Å². The van der Waals surface area contributed by atoms with Crippen LogP contribution in [0.15, 0.2) is 16.7 Å². The standard InChI is InChI=1S/C10H13NO5.2C2H6/c1-10(2,3)16-9(14)11-7-6(8(12)13)4-5-15-7;2*1-2/h4-5H,1-3H3,(H,11,14)(H,12,13);2*1-2H3. The van der Waals surface area contributed by atoms with Crippen LogP contribution in [0.4, 0.5) is 10.7 Å². The van der Waals surface area contributed by atoms with E-state index in [2.05, 4.69) is 5.32 Å². The molecule has 0 aliphatic carbocycles. The number of carboxylic acid groups (broad SMARTS) is 1. The van der Waals surface area contributed by atoms with Gasteiger partial charge >= 0.3 is 12.1 Å². The van der Waals surface area contributed by atoms with E-state index in [1.807, 2.05) is 27.7 Å². The number of hydrogen-bond acceptors (Lipinski definition) is 4. The zero-order chi connectivity index (χ0) is 16.3. The number of carboxylic acids is 1. The van der Waals surface area contributed by atoms with Crippen LogP contribution >= 0.6 is 0 Å². The monoisotopic (exact) mass is 287 g/mol. The van der Waals surface area contributed by atoms with Crippen LogP contribution in [0, 0.1) is 0 Å². The van der Waals surface area contributed by atoms with Crippen LogP contribution in [-0.2, 0) is 4.74 Å². The highest BCUT2D eigenvalue weighted by molar-refractivity contribution is 5.96. The molecule has 0 saturated carbocycles. The molecule has 0 saturated heterocycles. The van der Waals surface area contributed by atoms with Crippen molar-refractivity contribution in [2.45, 2.75) is 54.1 Å². The summed E-state index contributed by atoms with van der Waals surface area (Å²) in [5.41, 5.74) is -0.772. The summed E-state index contributed by atoms with van der Waals surface area (Å²) >= 11 is 0. The molecule has 0 atom stereocenters. The molecule has 0 radical (unpaired) electrons. The summed E-state index contributed by atoms with van der Waals surface area (Å²) in [4.78, 5) is 22.0. The first-order valence-electron chi connectivity index (χ1n) is 6.60. The van der Waals surface area contributed by atoms with Gasteiger partial charge in [0.1, 0.15) is 11.2 Å². The van der Waals surface area contributed by atoms with Crippen LogP contribution in [0.3, 0.4) is 0 Å². The number of ether oxygens (including phenoxy) is 1. The number of amides is 1. The summed E-state index contributed by atoms with van der Waals surface area (Å²) in [6.07, 6.45) is 0.417. The van der Waals surface area contributed by atoms with Gasteiger partial charge in [0.25, 0.3) is 0 Å². The molecule has 0 bridgehead atoms. The topological polar surface area (TPSA) is 88.8 Å². The lowest BCUT2D eigenvalue weighted by Crippen LogP contribution is -2.27. The normalized spacial score (nSPS) is 9.35. The minimum Gasteiger partial charge on any atom is -0.477 e. The van der Waals surface area contributed by atoms with Gasteiger partial charge in [0, 0.05) is 0 Å². The lowest BCUT2D eigenvalue weighted by atomic mass is 10.2. The predicted octanol–water partition coefficient (Wildman–Crippen LogP) is 4.38. The number of carbonyl (C=O) groups is 2. The number of rotatable bonds is 2. The number of aromatic carboxylic acids is 1. The third kappa shape index (κ3) is 8.18. The van der Waals surface area contributed by atoms with E-state index in [9.17, 15) is 9.59 Å². The van der Waals surface area contributed by atoms with E-state index in [4.69, 9.17) is 14.3 Å². The first-order chi connectivity index (χ1) is 9.29. The van der Waals surface area contributed by atoms with E-state index in [1.54, 1.807) is 20.8 Å². The van der Waals surface area contributed by atoms with Crippen molar-refractivity contribution in [3.8, 4) is 0 Å². The Labute approximate surface area is 120 Å². The maximum atomic E-state index is 11.3. The van der Waals surface area contributed by atoms with Crippen molar-refractivity contribution in [1.82, 2.24) is 0 Å². The van der Waals surface area contributed by atoms with Crippen molar-refractivity contribution in [1.29, 1.82) is 0 Å². The van der Waals surface area contributed by atoms with Gasteiger partial charge in [-0.25, -0.2) is 9.59 Å². The van der Waals surface area contributed by atoms with Gasteiger partial charge in [0.2, 0.25) is 5.88 Å². The minimum atomic E-state index is -1.18. The van der Waals surface area contributed by atoms with E-state index >= 15 is 0 Å². The van der Waals surface area contributed by atoms with Crippen LogP contribution in [0.5, 0.6) is 0 Å². The molecule has 1 rings (SSSR count). The molecule has 0 unspecified atom stereocenters. The van der Waals surface area contributed by atoms with Crippen LogP contribution in [-0.4, -0.2) is 22.8 Å². The first kappa shape index (κ1) is 20.3. The Balaban J connectivity index is 0. The van der Waals surface area contributed by atoms with Crippen LogP contribution < -0.4 is 5.32 Å². The molecule has 6 heteroatoms. The van der Waals surface area contributed by atoms with Crippen LogP contribution in [0.25, 0.3) is 0 Å². The molecule has 0 aromatic carbocycles. The molecule has 1 aromatic rings. The Morgan fingerprint density at radius 1 is 1.20 bits per heavy atom. The van der Waals surface area contributed by atoms with E-state index in [0.29, 0.717) is 0 Å². The van der Waals surface area contributed by atoms with Gasteiger partial charge in [0.15, 0.2) is 0 Å². The molecule has 0 spiro atoms. The molecule has 0 aliphatic rings. The van der Waals surface area contributed by atoms with Crippen LogP contribution in [0.1, 0.15) is 58.8 Å². The second kappa shape index (κ2) is 9.89. The Morgan fingerprint density at radius 3 is 2.10 bits per heavy atom. The summed E-state index contributed by atoms with van der Waals surface area (Å²) in [5.74, 6) is -1.32. The number of hydrogen-bond donors (Lipinski definition) is 2. The van der Waals surface area contributed by atoms with Gasteiger partial charge in [0.05, 0.1) is 6.26 Å². The van der Waals surface area contributed by atoms with E-state index in [0.717, 1.165) is 0 Å². The molecule has 0 fully saturated rings. The zero-order valence-corrected chi connectivity index (χ0v) is 13.2. The number of furan rings is 1. The van der Waals surface area contributed by atoms with Gasteiger partial charge < -0.3 is 14.3 Å². The average Bonchev–Trinajstić information content (AvgIpc) is 2.80. The molecule has 116 valence electrons. The fourth-order valence-electron chi connectivity index (χ4n) is 0.971. The number of anilines is 1. The van der Waals surface area contributed by atoms with Crippen molar-refractivity contribution >= 4 is 17.9 Å². The SMILES string of the molecule is CC.CC.CC(C)(C)OC(=O)Nc1occc1C(=O)O. The second-order valence-electron chi connectivity index (χ2n) is 4.10. The molecule has 6 nitrogen and oxygen atoms in total. The Hall–Kier alpha value is -1.98. The van der Waals surface area contributed by atoms with Crippen molar-refractivity contribution in [2.24, 2.45) is 0 Å². The largest absolute Gasteiger partial charge is 0.477 e. The third-order valence-electron chi connectivity index (χ3n) is 1.51. The quantitative estimate of drug-likeness (QED) is 0.842. The summed E-state index contributed by atoms with van der Waals surface area (Å²) < 4.78 is 9.76. The predicted molar refractivity (Wildman–Crippen MR) is 78.2 cm³/mol.